The molecule has 330 valence electrons. The van der Waals surface area contributed by atoms with Crippen molar-refractivity contribution in [2.24, 2.45) is 17.8 Å². The standard InChI is InChI=1S/C12H17NO.C12H16O.C11H14O2.2C2H7BO.3C2H6.CH5BO2/c1-10(2)12(14)13(3)9-11-7-5-4-6-8-11;1-10(2)12(13)9-8-11-6-4-3-5-7-11;1-9(2)11(12)13-8-10-6-4-3-5-7-10;2*1-3(2)4;3*1-2;1-2(3)4/h4-8,10H,9H2,1-3H3;3-7,10H,8-9H2,1-2H3;3-7,9H,8H2,1-2H3;2*4H,1-2H3;3*1-2H3;3-4H,1H3. The summed E-state index contributed by atoms with van der Waals surface area (Å²) in [7, 11) is 0.676. The summed E-state index contributed by atoms with van der Waals surface area (Å²) in [5, 5.41) is 31.3. The van der Waals surface area contributed by atoms with Crippen molar-refractivity contribution in [3.05, 3.63) is 108 Å². The summed E-state index contributed by atoms with van der Waals surface area (Å²) in [5.74, 6) is 0.581. The topological polar surface area (TPSA) is 145 Å². The number of rotatable bonds is 10. The number of ketones is 1. The molecule has 0 aromatic heterocycles. The Bertz CT molecular complexity index is 1200. The van der Waals surface area contributed by atoms with Gasteiger partial charge in [0, 0.05) is 31.8 Å². The highest BCUT2D eigenvalue weighted by Crippen LogP contribution is 2.08. The van der Waals surface area contributed by atoms with E-state index in [1.54, 1.807) is 32.2 Å². The number of carbonyl (C=O) groups excluding carboxylic acids is 3. The molecule has 0 fully saturated rings. The van der Waals surface area contributed by atoms with E-state index in [0.29, 0.717) is 25.4 Å². The number of benzene rings is 3. The maximum Gasteiger partial charge on any atom is 0.448 e. The normalized spacial score (nSPS) is 8.78. The number of Topliss-reactive ketones (excluding diaryl/α,β-unsaturated/α-hetero) is 1. The second-order valence-electron chi connectivity index (χ2n) is 13.5. The monoisotopic (exact) mass is 812 g/mol. The molecule has 0 aliphatic heterocycles. The number of hydrogen-bond donors (Lipinski definition) is 4. The zero-order valence-electron chi connectivity index (χ0n) is 39.8. The fourth-order valence-corrected chi connectivity index (χ4v) is 3.47. The Hall–Kier alpha value is -3.70. The summed E-state index contributed by atoms with van der Waals surface area (Å²) >= 11 is 0. The zero-order valence-corrected chi connectivity index (χ0v) is 39.8. The highest BCUT2D eigenvalue weighted by atomic mass is 16.5. The summed E-state index contributed by atoms with van der Waals surface area (Å²) in [6.07, 6.45) is 1.54. The molecule has 4 N–H and O–H groups in total. The van der Waals surface area contributed by atoms with E-state index >= 15 is 0 Å². The van der Waals surface area contributed by atoms with Crippen LogP contribution in [0.25, 0.3) is 0 Å². The molecule has 1 amide bonds. The maximum absolute atomic E-state index is 11.6. The van der Waals surface area contributed by atoms with E-state index in [0.717, 1.165) is 12.0 Å². The minimum atomic E-state index is -1.17. The molecule has 0 bridgehead atoms. The second-order valence-corrected chi connectivity index (χ2v) is 13.5. The van der Waals surface area contributed by atoms with Crippen LogP contribution in [-0.2, 0) is 38.7 Å². The van der Waals surface area contributed by atoms with Gasteiger partial charge in [0.05, 0.1) is 5.92 Å². The van der Waals surface area contributed by atoms with Gasteiger partial charge in [-0.05, 0) is 29.9 Å². The summed E-state index contributed by atoms with van der Waals surface area (Å²) in [4.78, 5) is 35.7. The van der Waals surface area contributed by atoms with E-state index in [4.69, 9.17) is 24.8 Å². The molecule has 0 heterocycles. The fraction of sp³-hybridized carbons (Fsp3) is 0.543. The summed E-state index contributed by atoms with van der Waals surface area (Å²) in [6, 6.07) is 29.8. The number of carbonyl (C=O) groups is 3. The van der Waals surface area contributed by atoms with E-state index in [1.165, 1.54) is 17.9 Å². The molecule has 9 nitrogen and oxygen atoms in total. The molecular weight excluding hydrogens is 727 g/mol. The number of ether oxygens (including phenoxy) is 1. The summed E-state index contributed by atoms with van der Waals surface area (Å²) in [5.41, 5.74) is 3.44. The Morgan fingerprint density at radius 2 is 0.862 bits per heavy atom. The lowest BCUT2D eigenvalue weighted by Crippen LogP contribution is -2.29. The number of amides is 1. The van der Waals surface area contributed by atoms with Crippen LogP contribution in [0.3, 0.4) is 0 Å². The molecule has 3 aromatic rings. The van der Waals surface area contributed by atoms with Gasteiger partial charge in [0.15, 0.2) is 0 Å². The van der Waals surface area contributed by atoms with Crippen LogP contribution in [0.1, 0.15) is 106 Å². The maximum atomic E-state index is 11.6. The van der Waals surface area contributed by atoms with Gasteiger partial charge >= 0.3 is 13.1 Å². The Balaban J connectivity index is -0.000000145. The molecule has 0 aliphatic rings. The quantitative estimate of drug-likeness (QED) is 0.117. The Morgan fingerprint density at radius 3 is 1.16 bits per heavy atom. The Morgan fingerprint density at radius 1 is 0.552 bits per heavy atom. The van der Waals surface area contributed by atoms with Crippen LogP contribution < -0.4 is 0 Å². The smallest absolute Gasteiger partial charge is 0.448 e. The third-order valence-corrected chi connectivity index (χ3v) is 5.97. The van der Waals surface area contributed by atoms with Crippen molar-refractivity contribution < 1.29 is 39.2 Å². The molecule has 12 heteroatoms. The lowest BCUT2D eigenvalue weighted by atomic mass is 9.76. The van der Waals surface area contributed by atoms with Gasteiger partial charge in [-0.1, -0.05) is 201 Å². The van der Waals surface area contributed by atoms with Crippen LogP contribution in [0.4, 0.5) is 0 Å². The predicted molar refractivity (Wildman–Crippen MR) is 253 cm³/mol. The lowest BCUT2D eigenvalue weighted by Gasteiger charge is -2.19. The average Bonchev–Trinajstić information content (AvgIpc) is 3.19. The van der Waals surface area contributed by atoms with Crippen LogP contribution in [0.5, 0.6) is 0 Å². The molecule has 0 saturated carbocycles. The molecule has 3 rings (SSSR count). The Labute approximate surface area is 357 Å². The predicted octanol–water partition coefficient (Wildman–Crippen LogP) is 10.2. The zero-order chi connectivity index (χ0) is 46.6. The van der Waals surface area contributed by atoms with Crippen molar-refractivity contribution in [2.45, 2.75) is 143 Å². The lowest BCUT2D eigenvalue weighted by molar-refractivity contribution is -0.148. The number of aryl methyl sites for hydroxylation is 1. The number of nitrogens with zero attached hydrogens (tertiary/aromatic N) is 1. The van der Waals surface area contributed by atoms with E-state index in [2.05, 4.69) is 12.1 Å². The van der Waals surface area contributed by atoms with Gasteiger partial charge < -0.3 is 29.7 Å². The van der Waals surface area contributed by atoms with Gasteiger partial charge in [-0.2, -0.15) is 0 Å². The second kappa shape index (κ2) is 47.7. The molecule has 0 atom stereocenters. The minimum absolute atomic E-state index is 0.0521. The van der Waals surface area contributed by atoms with Crippen molar-refractivity contribution in [1.82, 2.24) is 4.90 Å². The first-order valence-electron chi connectivity index (χ1n) is 21.0. The van der Waals surface area contributed by atoms with Crippen molar-refractivity contribution in [3.8, 4) is 0 Å². The van der Waals surface area contributed by atoms with E-state index in [-0.39, 0.29) is 43.5 Å². The molecule has 3 aromatic carbocycles. The average molecular weight is 812 g/mol. The molecular formula is C46H84B3NO8. The van der Waals surface area contributed by atoms with Crippen LogP contribution in [0.15, 0.2) is 91.0 Å². The summed E-state index contributed by atoms with van der Waals surface area (Å²) < 4.78 is 5.05. The molecule has 0 radical (unpaired) electrons. The number of esters is 1. The van der Waals surface area contributed by atoms with Crippen LogP contribution in [-0.4, -0.2) is 70.7 Å². The van der Waals surface area contributed by atoms with Crippen molar-refractivity contribution in [1.29, 1.82) is 0 Å². The highest BCUT2D eigenvalue weighted by Gasteiger charge is 2.12. The molecule has 58 heavy (non-hydrogen) atoms. The van der Waals surface area contributed by atoms with Gasteiger partial charge in [-0.25, -0.2) is 0 Å². The SMILES string of the molecule is CB(C)O.CB(C)O.CB(O)O.CC.CC.CC.CC(C)C(=O)CCc1ccccc1.CC(C)C(=O)N(C)Cc1ccccc1.CC(C)C(=O)OCc1ccccc1. The van der Waals surface area contributed by atoms with Crippen molar-refractivity contribution >= 4 is 38.6 Å². The first kappa shape index (κ1) is 66.1. The van der Waals surface area contributed by atoms with Crippen molar-refractivity contribution in [2.75, 3.05) is 7.05 Å². The molecule has 0 aliphatic carbocycles. The third-order valence-electron chi connectivity index (χ3n) is 5.97. The largest absolute Gasteiger partial charge is 0.461 e. The van der Waals surface area contributed by atoms with Crippen molar-refractivity contribution in [3.63, 3.8) is 0 Å². The molecule has 0 spiro atoms. The van der Waals surface area contributed by atoms with Gasteiger partial charge in [-0.3, -0.25) is 14.4 Å². The number of hydrogen-bond acceptors (Lipinski definition) is 8. The Kier molecular flexibility index (Phi) is 54.4. The summed E-state index contributed by atoms with van der Waals surface area (Å²) in [6.45, 7) is 32.3. The van der Waals surface area contributed by atoms with Gasteiger partial charge in [-0.15, -0.1) is 0 Å². The van der Waals surface area contributed by atoms with Crippen LogP contribution >= 0.6 is 0 Å². The molecule has 0 saturated heterocycles. The van der Waals surface area contributed by atoms with E-state index in [1.807, 2.05) is 169 Å². The van der Waals surface area contributed by atoms with Gasteiger partial charge in [0.1, 0.15) is 12.4 Å². The van der Waals surface area contributed by atoms with Gasteiger partial charge in [0.25, 0.3) is 13.8 Å². The fourth-order valence-electron chi connectivity index (χ4n) is 3.47. The van der Waals surface area contributed by atoms with E-state index in [9.17, 15) is 14.4 Å². The van der Waals surface area contributed by atoms with Crippen LogP contribution in [0.2, 0.25) is 34.1 Å². The highest BCUT2D eigenvalue weighted by molar-refractivity contribution is 6.47. The first-order valence-corrected chi connectivity index (χ1v) is 21.0. The minimum Gasteiger partial charge on any atom is -0.461 e. The van der Waals surface area contributed by atoms with Crippen LogP contribution in [0, 0.1) is 17.8 Å². The molecule has 0 unspecified atom stereocenters. The van der Waals surface area contributed by atoms with Gasteiger partial charge in [0.2, 0.25) is 5.91 Å². The van der Waals surface area contributed by atoms with E-state index < -0.39 is 7.12 Å². The third kappa shape index (κ3) is 54.4. The first-order chi connectivity index (χ1) is 27.2.